The molecule has 1 fully saturated rings. The molecule has 7 heteroatoms. The fourth-order valence-electron chi connectivity index (χ4n) is 4.78. The van der Waals surface area contributed by atoms with E-state index in [0.29, 0.717) is 13.1 Å². The van der Waals surface area contributed by atoms with Gasteiger partial charge in [0.15, 0.2) is 0 Å². The van der Waals surface area contributed by atoms with Crippen LogP contribution in [0.4, 0.5) is 14.5 Å². The molecule has 1 aliphatic heterocycles. The molecule has 1 heterocycles. The van der Waals surface area contributed by atoms with Gasteiger partial charge in [-0.25, -0.2) is 8.78 Å². The molecule has 0 spiro atoms. The monoisotopic (exact) mass is 515 g/mol. The fourth-order valence-corrected chi connectivity index (χ4v) is 4.78. The molecule has 0 bridgehead atoms. The van der Waals surface area contributed by atoms with Crippen molar-refractivity contribution in [1.82, 2.24) is 9.80 Å². The summed E-state index contributed by atoms with van der Waals surface area (Å²) >= 11 is 0. The van der Waals surface area contributed by atoms with E-state index < -0.39 is 6.10 Å². The van der Waals surface area contributed by atoms with E-state index in [4.69, 9.17) is 0 Å². The van der Waals surface area contributed by atoms with E-state index in [1.807, 2.05) is 54.6 Å². The Morgan fingerprint density at radius 3 is 1.83 bits per heavy atom. The van der Waals surface area contributed by atoms with E-state index in [1.54, 1.807) is 0 Å². The summed E-state index contributed by atoms with van der Waals surface area (Å²) in [6.45, 7) is 6.06. The first-order chi connectivity index (χ1) is 17.1. The first-order valence-electron chi connectivity index (χ1n) is 12.5. The summed E-state index contributed by atoms with van der Waals surface area (Å²) in [6, 6.07) is 23.3. The van der Waals surface area contributed by atoms with E-state index in [1.165, 1.54) is 24.3 Å². The maximum Gasteiger partial charge on any atom is 0.123 e. The highest BCUT2D eigenvalue weighted by atomic mass is 35.5. The number of benzene rings is 3. The molecule has 0 radical (unpaired) electrons. The number of halogens is 3. The van der Waals surface area contributed by atoms with Crippen LogP contribution in [0.25, 0.3) is 0 Å². The summed E-state index contributed by atoms with van der Waals surface area (Å²) in [6.07, 6.45) is 1.51. The third-order valence-electron chi connectivity index (χ3n) is 6.76. The molecule has 0 saturated carbocycles. The molecule has 1 atom stereocenters. The lowest BCUT2D eigenvalue weighted by atomic mass is 9.87. The van der Waals surface area contributed by atoms with Gasteiger partial charge < -0.3 is 15.3 Å². The van der Waals surface area contributed by atoms with Crippen molar-refractivity contribution in [3.63, 3.8) is 0 Å². The van der Waals surface area contributed by atoms with Crippen LogP contribution in [0.5, 0.6) is 0 Å². The second kappa shape index (κ2) is 14.3. The van der Waals surface area contributed by atoms with Crippen LogP contribution in [0.3, 0.4) is 0 Å². The van der Waals surface area contributed by atoms with Crippen molar-refractivity contribution in [2.24, 2.45) is 0 Å². The topological polar surface area (TPSA) is 38.7 Å². The van der Waals surface area contributed by atoms with Gasteiger partial charge in [0.1, 0.15) is 11.6 Å². The number of para-hydroxylation sites is 1. The molecule has 0 unspecified atom stereocenters. The third-order valence-corrected chi connectivity index (χ3v) is 6.76. The molecule has 0 amide bonds. The second-order valence-corrected chi connectivity index (χ2v) is 9.34. The first-order valence-corrected chi connectivity index (χ1v) is 12.5. The lowest BCUT2D eigenvalue weighted by Gasteiger charge is -2.36. The van der Waals surface area contributed by atoms with Crippen molar-refractivity contribution in [2.75, 3.05) is 51.1 Å². The van der Waals surface area contributed by atoms with Crippen LogP contribution in [-0.2, 0) is 0 Å². The van der Waals surface area contributed by atoms with Crippen LogP contribution in [0, 0.1) is 11.6 Å². The Bertz CT molecular complexity index is 967. The van der Waals surface area contributed by atoms with E-state index in [9.17, 15) is 13.9 Å². The lowest BCUT2D eigenvalue weighted by Crippen LogP contribution is -2.49. The summed E-state index contributed by atoms with van der Waals surface area (Å²) in [4.78, 5) is 4.80. The Labute approximate surface area is 219 Å². The molecule has 3 aromatic carbocycles. The van der Waals surface area contributed by atoms with Crippen molar-refractivity contribution >= 4 is 18.1 Å². The minimum Gasteiger partial charge on any atom is -0.390 e. The third kappa shape index (κ3) is 8.56. The van der Waals surface area contributed by atoms with Crippen LogP contribution in [-0.4, -0.2) is 66.8 Å². The largest absolute Gasteiger partial charge is 0.390 e. The standard InChI is InChI=1S/C29H35F2N3O.ClH/c30-25-12-8-23(9-13-25)29(24-10-14-26(31)15-11-24)7-4-16-33-17-19-34(20-18-33)22-28(35)21-32-27-5-2-1-3-6-27;/h1-3,5-6,8-15,28-29,32,35H,4,7,16-22H2;1H/t28-;/m0./s1. The quantitative estimate of drug-likeness (QED) is 0.359. The van der Waals surface area contributed by atoms with Crippen LogP contribution >= 0.6 is 12.4 Å². The minimum absolute atomic E-state index is 0. The Kier molecular flexibility index (Phi) is 11.1. The normalized spacial score (nSPS) is 15.4. The molecule has 36 heavy (non-hydrogen) atoms. The summed E-state index contributed by atoms with van der Waals surface area (Å²) in [7, 11) is 0. The van der Waals surface area contributed by atoms with E-state index in [-0.39, 0.29) is 30.0 Å². The molecule has 4 nitrogen and oxygen atoms in total. The number of anilines is 1. The highest BCUT2D eigenvalue weighted by Gasteiger charge is 2.20. The number of hydrogen-bond acceptors (Lipinski definition) is 4. The van der Waals surface area contributed by atoms with Crippen molar-refractivity contribution in [3.05, 3.63) is 102 Å². The van der Waals surface area contributed by atoms with Gasteiger partial charge in [0, 0.05) is 50.9 Å². The molecular formula is C29H36ClF2N3O. The molecule has 194 valence electrons. The predicted octanol–water partition coefficient (Wildman–Crippen LogP) is 5.39. The zero-order chi connectivity index (χ0) is 24.5. The van der Waals surface area contributed by atoms with Crippen LogP contribution < -0.4 is 5.32 Å². The van der Waals surface area contributed by atoms with Gasteiger partial charge in [0.2, 0.25) is 0 Å². The smallest absolute Gasteiger partial charge is 0.123 e. The van der Waals surface area contributed by atoms with Gasteiger partial charge in [0.05, 0.1) is 6.10 Å². The number of rotatable bonds is 11. The average molecular weight is 516 g/mol. The molecule has 1 aliphatic rings. The highest BCUT2D eigenvalue weighted by Crippen LogP contribution is 2.30. The molecule has 0 aliphatic carbocycles. The highest BCUT2D eigenvalue weighted by molar-refractivity contribution is 5.85. The van der Waals surface area contributed by atoms with Gasteiger partial charge in [-0.15, -0.1) is 12.4 Å². The lowest BCUT2D eigenvalue weighted by molar-refractivity contribution is 0.0776. The number of β-amino-alcohol motifs (C(OH)–C–C–N with tert-alkyl or cyclic N) is 1. The second-order valence-electron chi connectivity index (χ2n) is 9.34. The first kappa shape index (κ1) is 28.1. The van der Waals surface area contributed by atoms with Gasteiger partial charge in [-0.05, 0) is 66.9 Å². The summed E-state index contributed by atoms with van der Waals surface area (Å²) in [5, 5.41) is 13.7. The number of nitrogens with zero attached hydrogens (tertiary/aromatic N) is 2. The molecule has 3 aromatic rings. The summed E-state index contributed by atoms with van der Waals surface area (Å²) in [5.74, 6) is -0.374. The number of hydrogen-bond donors (Lipinski definition) is 2. The Morgan fingerprint density at radius 2 is 1.28 bits per heavy atom. The van der Waals surface area contributed by atoms with E-state index in [2.05, 4.69) is 15.1 Å². The van der Waals surface area contributed by atoms with Gasteiger partial charge in [-0.2, -0.15) is 0 Å². The Morgan fingerprint density at radius 1 is 0.750 bits per heavy atom. The van der Waals surface area contributed by atoms with Crippen molar-refractivity contribution < 1.29 is 13.9 Å². The summed E-state index contributed by atoms with van der Waals surface area (Å²) < 4.78 is 26.9. The van der Waals surface area contributed by atoms with Crippen LogP contribution in [0.15, 0.2) is 78.9 Å². The summed E-state index contributed by atoms with van der Waals surface area (Å²) in [5.41, 5.74) is 3.14. The van der Waals surface area contributed by atoms with Crippen LogP contribution in [0.2, 0.25) is 0 Å². The molecule has 0 aromatic heterocycles. The van der Waals surface area contributed by atoms with Crippen molar-refractivity contribution in [1.29, 1.82) is 0 Å². The van der Waals surface area contributed by atoms with Gasteiger partial charge in [-0.3, -0.25) is 4.90 Å². The zero-order valence-corrected chi connectivity index (χ0v) is 21.3. The van der Waals surface area contributed by atoms with Crippen LogP contribution in [0.1, 0.15) is 29.9 Å². The molecule has 1 saturated heterocycles. The zero-order valence-electron chi connectivity index (χ0n) is 20.5. The number of piperazine rings is 1. The number of nitrogens with one attached hydrogen (secondary N) is 1. The SMILES string of the molecule is Cl.O[C@@H](CNc1ccccc1)CN1CCN(CCCC(c2ccc(F)cc2)c2ccc(F)cc2)CC1. The molecule has 2 N–H and O–H groups in total. The van der Waals surface area contributed by atoms with Gasteiger partial charge in [0.25, 0.3) is 0 Å². The predicted molar refractivity (Wildman–Crippen MR) is 145 cm³/mol. The fraction of sp³-hybridized carbons (Fsp3) is 0.379. The number of aliphatic hydroxyl groups excluding tert-OH is 1. The van der Waals surface area contributed by atoms with Crippen molar-refractivity contribution in [3.8, 4) is 0 Å². The van der Waals surface area contributed by atoms with Gasteiger partial charge in [-0.1, -0.05) is 42.5 Å². The van der Waals surface area contributed by atoms with Crippen molar-refractivity contribution in [2.45, 2.75) is 24.9 Å². The minimum atomic E-state index is -0.408. The maximum atomic E-state index is 13.5. The Hall–Kier alpha value is -2.51. The Balaban J connectivity index is 0.00000361. The molecular weight excluding hydrogens is 480 g/mol. The van der Waals surface area contributed by atoms with E-state index in [0.717, 1.165) is 62.4 Å². The maximum absolute atomic E-state index is 13.5. The molecule has 4 rings (SSSR count). The number of aliphatic hydroxyl groups is 1. The van der Waals surface area contributed by atoms with Gasteiger partial charge >= 0.3 is 0 Å². The van der Waals surface area contributed by atoms with E-state index >= 15 is 0 Å². The average Bonchev–Trinajstić information content (AvgIpc) is 2.88.